The third-order valence-electron chi connectivity index (χ3n) is 2.45. The maximum absolute atomic E-state index is 11.5. The maximum Gasteiger partial charge on any atom is 0.148 e. The van der Waals surface area contributed by atoms with Crippen LogP contribution >= 0.6 is 0 Å². The molecule has 0 amide bonds. The van der Waals surface area contributed by atoms with Gasteiger partial charge < -0.3 is 4.74 Å². The van der Waals surface area contributed by atoms with E-state index in [4.69, 9.17) is 10.00 Å². The molecule has 0 aromatic heterocycles. The van der Waals surface area contributed by atoms with Gasteiger partial charge in [0, 0.05) is 28.6 Å². The highest BCUT2D eigenvalue weighted by Crippen LogP contribution is 2.11. The normalized spacial score (nSPS) is 12.6. The van der Waals surface area contributed by atoms with Crippen molar-refractivity contribution in [1.82, 2.24) is 0 Å². The van der Waals surface area contributed by atoms with E-state index in [1.807, 2.05) is 6.07 Å². The quantitative estimate of drug-likeness (QED) is 0.671. The van der Waals surface area contributed by atoms with Crippen LogP contribution in [0.4, 0.5) is 0 Å². The largest absolute Gasteiger partial charge is 0.494 e. The molecule has 0 aliphatic carbocycles. The molecule has 1 unspecified atom stereocenters. The lowest BCUT2D eigenvalue weighted by Gasteiger charge is -2.06. The van der Waals surface area contributed by atoms with Crippen LogP contribution in [0.5, 0.6) is 5.75 Å². The second kappa shape index (κ2) is 8.02. The van der Waals surface area contributed by atoms with Crippen molar-refractivity contribution in [2.45, 2.75) is 6.42 Å². The number of hydrogen-bond donors (Lipinski definition) is 0. The molecular formula is C13H17NO4S2. The van der Waals surface area contributed by atoms with Gasteiger partial charge in [0.1, 0.15) is 15.6 Å². The molecule has 1 aromatic rings. The summed E-state index contributed by atoms with van der Waals surface area (Å²) in [6.45, 7) is 0.413. The molecule has 0 aliphatic rings. The average molecular weight is 315 g/mol. The Kier molecular flexibility index (Phi) is 6.68. The summed E-state index contributed by atoms with van der Waals surface area (Å²) in [4.78, 5) is 0. The molecular weight excluding hydrogens is 298 g/mol. The fraction of sp³-hybridized carbons (Fsp3) is 0.462. The predicted molar refractivity (Wildman–Crippen MR) is 78.9 cm³/mol. The summed E-state index contributed by atoms with van der Waals surface area (Å²) in [7, 11) is -4.18. The number of nitrogens with zero attached hydrogens (tertiary/aromatic N) is 1. The first kappa shape index (κ1) is 16.7. The summed E-state index contributed by atoms with van der Waals surface area (Å²) in [5, 5.41) is 8.64. The zero-order valence-electron chi connectivity index (χ0n) is 11.2. The van der Waals surface area contributed by atoms with Crippen molar-refractivity contribution in [3.05, 3.63) is 29.8 Å². The van der Waals surface area contributed by atoms with Crippen LogP contribution in [0.15, 0.2) is 24.3 Å². The van der Waals surface area contributed by atoms with Crippen molar-refractivity contribution >= 4 is 20.6 Å². The van der Waals surface area contributed by atoms with E-state index in [9.17, 15) is 12.6 Å². The third kappa shape index (κ3) is 7.26. The van der Waals surface area contributed by atoms with Gasteiger partial charge in [-0.1, -0.05) is 0 Å². The van der Waals surface area contributed by atoms with Crippen molar-refractivity contribution in [3.8, 4) is 11.8 Å². The molecule has 0 spiro atoms. The summed E-state index contributed by atoms with van der Waals surface area (Å²) in [5.74, 6) is 1.21. The Labute approximate surface area is 121 Å². The Morgan fingerprint density at radius 1 is 1.25 bits per heavy atom. The summed E-state index contributed by atoms with van der Waals surface area (Å²) < 4.78 is 38.8. The molecule has 5 nitrogen and oxygen atoms in total. The topological polar surface area (TPSA) is 84.2 Å². The molecule has 1 aromatic carbocycles. The van der Waals surface area contributed by atoms with E-state index >= 15 is 0 Å². The predicted octanol–water partition coefficient (Wildman–Crippen LogP) is 1.12. The van der Waals surface area contributed by atoms with Crippen LogP contribution in [0.3, 0.4) is 0 Å². The second-order valence-electron chi connectivity index (χ2n) is 4.32. The van der Waals surface area contributed by atoms with E-state index in [0.29, 0.717) is 30.1 Å². The van der Waals surface area contributed by atoms with Crippen molar-refractivity contribution < 1.29 is 17.4 Å². The van der Waals surface area contributed by atoms with E-state index in [2.05, 4.69) is 0 Å². The van der Waals surface area contributed by atoms with Gasteiger partial charge in [0.15, 0.2) is 0 Å². The number of sulfone groups is 1. The van der Waals surface area contributed by atoms with Crippen molar-refractivity contribution in [2.24, 2.45) is 0 Å². The summed E-state index contributed by atoms with van der Waals surface area (Å²) in [6, 6.07) is 8.77. The molecule has 0 saturated carbocycles. The van der Waals surface area contributed by atoms with E-state index in [1.165, 1.54) is 0 Å². The average Bonchev–Trinajstić information content (AvgIpc) is 2.41. The second-order valence-corrected chi connectivity index (χ2v) is 8.27. The first-order valence-corrected chi connectivity index (χ1v) is 9.61. The first-order valence-electron chi connectivity index (χ1n) is 6.06. The molecule has 0 bridgehead atoms. The SMILES string of the molecule is CS(=O)(=O)CCS(=O)CCCOc1ccc(C#N)cc1. The highest BCUT2D eigenvalue weighted by atomic mass is 32.2. The molecule has 1 atom stereocenters. The van der Waals surface area contributed by atoms with Gasteiger partial charge in [-0.3, -0.25) is 4.21 Å². The van der Waals surface area contributed by atoms with Gasteiger partial charge in [0.25, 0.3) is 0 Å². The van der Waals surface area contributed by atoms with Gasteiger partial charge >= 0.3 is 0 Å². The smallest absolute Gasteiger partial charge is 0.148 e. The van der Waals surface area contributed by atoms with Gasteiger partial charge in [0.2, 0.25) is 0 Å². The Morgan fingerprint density at radius 2 is 1.90 bits per heavy atom. The zero-order chi connectivity index (χ0) is 15.0. The number of rotatable bonds is 8. The van der Waals surface area contributed by atoms with E-state index < -0.39 is 20.6 Å². The van der Waals surface area contributed by atoms with Crippen LogP contribution in [-0.2, 0) is 20.6 Å². The van der Waals surface area contributed by atoms with Crippen molar-refractivity contribution in [2.75, 3.05) is 30.1 Å². The summed E-state index contributed by atoms with van der Waals surface area (Å²) in [5.41, 5.74) is 0.569. The Balaban J connectivity index is 2.21. The molecule has 0 radical (unpaired) electrons. The molecule has 0 saturated heterocycles. The minimum atomic E-state index is -3.05. The highest BCUT2D eigenvalue weighted by molar-refractivity contribution is 7.92. The fourth-order valence-corrected chi connectivity index (χ4v) is 3.98. The van der Waals surface area contributed by atoms with Crippen LogP contribution in [0.1, 0.15) is 12.0 Å². The monoisotopic (exact) mass is 315 g/mol. The third-order valence-corrected chi connectivity index (χ3v) is 5.06. The van der Waals surface area contributed by atoms with Crippen LogP contribution in [0.2, 0.25) is 0 Å². The highest BCUT2D eigenvalue weighted by Gasteiger charge is 2.06. The lowest BCUT2D eigenvalue weighted by atomic mass is 10.2. The van der Waals surface area contributed by atoms with Crippen LogP contribution in [-0.4, -0.2) is 42.7 Å². The van der Waals surface area contributed by atoms with Crippen LogP contribution < -0.4 is 4.74 Å². The summed E-state index contributed by atoms with van der Waals surface area (Å²) in [6.07, 6.45) is 1.73. The molecule has 0 N–H and O–H groups in total. The number of nitriles is 1. The van der Waals surface area contributed by atoms with E-state index in [0.717, 1.165) is 6.26 Å². The Morgan fingerprint density at radius 3 is 2.45 bits per heavy atom. The number of ether oxygens (including phenoxy) is 1. The number of hydrogen-bond acceptors (Lipinski definition) is 5. The van der Waals surface area contributed by atoms with Gasteiger partial charge in [-0.15, -0.1) is 0 Å². The number of benzene rings is 1. The molecule has 0 fully saturated rings. The van der Waals surface area contributed by atoms with E-state index in [1.54, 1.807) is 24.3 Å². The van der Waals surface area contributed by atoms with Gasteiger partial charge in [-0.25, -0.2) is 8.42 Å². The maximum atomic E-state index is 11.5. The van der Waals surface area contributed by atoms with Crippen LogP contribution in [0, 0.1) is 11.3 Å². The molecule has 110 valence electrons. The minimum Gasteiger partial charge on any atom is -0.494 e. The summed E-state index contributed by atoms with van der Waals surface area (Å²) >= 11 is 0. The fourth-order valence-electron chi connectivity index (χ4n) is 1.38. The lowest BCUT2D eigenvalue weighted by molar-refractivity contribution is 0.318. The minimum absolute atomic E-state index is 0.0455. The molecule has 0 heterocycles. The van der Waals surface area contributed by atoms with E-state index in [-0.39, 0.29) is 11.5 Å². The van der Waals surface area contributed by atoms with Gasteiger partial charge in [0.05, 0.1) is 24.0 Å². The Bertz CT molecular complexity index is 588. The lowest BCUT2D eigenvalue weighted by Crippen LogP contribution is -2.14. The van der Waals surface area contributed by atoms with Crippen LogP contribution in [0.25, 0.3) is 0 Å². The molecule has 0 aliphatic heterocycles. The van der Waals surface area contributed by atoms with Gasteiger partial charge in [-0.2, -0.15) is 5.26 Å². The zero-order valence-corrected chi connectivity index (χ0v) is 12.9. The standard InChI is InChI=1S/C13H17NO4S2/c1-20(16,17)10-9-19(15)8-2-7-18-13-5-3-12(11-14)4-6-13/h3-6H,2,7-10H2,1H3. The molecule has 7 heteroatoms. The molecule has 1 rings (SSSR count). The van der Waals surface area contributed by atoms with Crippen molar-refractivity contribution in [3.63, 3.8) is 0 Å². The van der Waals surface area contributed by atoms with Crippen molar-refractivity contribution in [1.29, 1.82) is 5.26 Å². The first-order chi connectivity index (χ1) is 9.40. The molecule has 20 heavy (non-hydrogen) atoms. The van der Waals surface area contributed by atoms with Gasteiger partial charge in [-0.05, 0) is 30.7 Å². The Hall–Kier alpha value is -1.39.